The summed E-state index contributed by atoms with van der Waals surface area (Å²) in [4.78, 5) is 21.6. The largest absolute Gasteiger partial charge is 0.392 e. The van der Waals surface area contributed by atoms with Gasteiger partial charge < -0.3 is 14.9 Å². The molecule has 1 aromatic heterocycles. The van der Waals surface area contributed by atoms with E-state index in [2.05, 4.69) is 33.0 Å². The fourth-order valence-corrected chi connectivity index (χ4v) is 5.09. The van der Waals surface area contributed by atoms with Crippen LogP contribution in [0.25, 0.3) is 0 Å². The molecule has 0 saturated carbocycles. The van der Waals surface area contributed by atoms with Crippen molar-refractivity contribution in [2.45, 2.75) is 44.6 Å². The Hall–Kier alpha value is -1.72. The molecule has 0 aromatic carbocycles. The van der Waals surface area contributed by atoms with E-state index in [-0.39, 0.29) is 17.4 Å². The number of amides is 1. The third-order valence-electron chi connectivity index (χ3n) is 6.68. The van der Waals surface area contributed by atoms with Gasteiger partial charge in [-0.2, -0.15) is 0 Å². The summed E-state index contributed by atoms with van der Waals surface area (Å²) in [5.41, 5.74) is 1.10. The predicted molar refractivity (Wildman–Crippen MR) is 105 cm³/mol. The normalized spacial score (nSPS) is 29.5. The summed E-state index contributed by atoms with van der Waals surface area (Å²) in [5.74, 6) is 0.418. The van der Waals surface area contributed by atoms with Crippen molar-refractivity contribution in [1.29, 1.82) is 0 Å². The lowest BCUT2D eigenvalue weighted by Gasteiger charge is -2.51. The minimum atomic E-state index is -0.301. The molecule has 1 amide bonds. The fraction of sp³-hybridized carbons (Fsp3) is 0.636. The van der Waals surface area contributed by atoms with Crippen LogP contribution in [-0.4, -0.2) is 64.6 Å². The summed E-state index contributed by atoms with van der Waals surface area (Å²) in [6.07, 6.45) is 13.2. The molecule has 2 atom stereocenters. The average Bonchev–Trinajstić information content (AvgIpc) is 3.24. The number of aliphatic hydroxyl groups is 1. The Bertz CT molecular complexity index is 669. The third-order valence-corrected chi connectivity index (χ3v) is 6.68. The predicted octanol–water partition coefficient (Wildman–Crippen LogP) is 2.27. The second-order valence-corrected chi connectivity index (χ2v) is 8.56. The first-order valence-electron chi connectivity index (χ1n) is 10.4. The van der Waals surface area contributed by atoms with Crippen molar-refractivity contribution >= 4 is 5.91 Å². The number of likely N-dealkylation sites (tertiary alicyclic amines) is 2. The summed E-state index contributed by atoms with van der Waals surface area (Å²) in [7, 11) is 0. The molecule has 0 radical (unpaired) electrons. The van der Waals surface area contributed by atoms with Crippen molar-refractivity contribution in [3.8, 4) is 0 Å². The van der Waals surface area contributed by atoms with E-state index in [1.54, 1.807) is 0 Å². The van der Waals surface area contributed by atoms with E-state index in [4.69, 9.17) is 0 Å². The van der Waals surface area contributed by atoms with Crippen molar-refractivity contribution in [2.75, 3.05) is 32.7 Å². The monoisotopic (exact) mass is 369 g/mol. The smallest absolute Gasteiger partial charge is 0.226 e. The fourth-order valence-electron chi connectivity index (χ4n) is 5.09. The first kappa shape index (κ1) is 18.6. The van der Waals surface area contributed by atoms with Gasteiger partial charge in [-0.1, -0.05) is 18.2 Å². The molecular formula is C22H31N3O2. The molecular weight excluding hydrogens is 338 g/mol. The maximum absolute atomic E-state index is 12.9. The van der Waals surface area contributed by atoms with Crippen LogP contribution in [0, 0.1) is 11.3 Å². The number of hydrogen-bond donors (Lipinski definition) is 1. The van der Waals surface area contributed by atoms with E-state index < -0.39 is 0 Å². The highest BCUT2D eigenvalue weighted by molar-refractivity contribution is 5.79. The molecule has 3 aliphatic rings. The number of piperidine rings is 2. The lowest BCUT2D eigenvalue weighted by Crippen LogP contribution is -2.60. The first-order chi connectivity index (χ1) is 13.2. The van der Waals surface area contributed by atoms with E-state index >= 15 is 0 Å². The molecule has 2 aliphatic heterocycles. The van der Waals surface area contributed by atoms with Crippen LogP contribution in [0.3, 0.4) is 0 Å². The van der Waals surface area contributed by atoms with Crippen LogP contribution >= 0.6 is 0 Å². The second kappa shape index (κ2) is 8.11. The van der Waals surface area contributed by atoms with E-state index in [0.29, 0.717) is 12.5 Å². The third kappa shape index (κ3) is 4.09. The Morgan fingerprint density at radius 3 is 2.89 bits per heavy atom. The van der Waals surface area contributed by atoms with Gasteiger partial charge in [-0.3, -0.25) is 9.78 Å². The highest BCUT2D eigenvalue weighted by Crippen LogP contribution is 2.39. The van der Waals surface area contributed by atoms with Crippen LogP contribution in [0.5, 0.6) is 0 Å². The molecule has 1 spiro atoms. The van der Waals surface area contributed by atoms with Gasteiger partial charge in [0.1, 0.15) is 0 Å². The highest BCUT2D eigenvalue weighted by Gasteiger charge is 2.46. The van der Waals surface area contributed by atoms with Gasteiger partial charge in [0.2, 0.25) is 5.91 Å². The van der Waals surface area contributed by atoms with Gasteiger partial charge in [0.25, 0.3) is 0 Å². The Morgan fingerprint density at radius 2 is 2.11 bits per heavy atom. The van der Waals surface area contributed by atoms with E-state index in [1.165, 1.54) is 5.56 Å². The van der Waals surface area contributed by atoms with Gasteiger partial charge >= 0.3 is 0 Å². The zero-order valence-electron chi connectivity index (χ0n) is 16.1. The van der Waals surface area contributed by atoms with E-state index in [9.17, 15) is 9.90 Å². The van der Waals surface area contributed by atoms with Gasteiger partial charge in [-0.15, -0.1) is 0 Å². The lowest BCUT2D eigenvalue weighted by molar-refractivity contribution is -0.145. The van der Waals surface area contributed by atoms with Crippen LogP contribution in [-0.2, 0) is 11.2 Å². The summed E-state index contributed by atoms with van der Waals surface area (Å²) in [6.45, 7) is 4.37. The van der Waals surface area contributed by atoms with Crippen LogP contribution in [0.4, 0.5) is 0 Å². The lowest BCUT2D eigenvalue weighted by atomic mass is 9.71. The molecule has 146 valence electrons. The topological polar surface area (TPSA) is 56.7 Å². The van der Waals surface area contributed by atoms with Crippen LogP contribution in [0.1, 0.15) is 37.7 Å². The number of rotatable bonds is 4. The number of allylic oxidation sites excluding steroid dienone is 2. The molecule has 27 heavy (non-hydrogen) atoms. The molecule has 1 N–H and O–H groups in total. The summed E-state index contributed by atoms with van der Waals surface area (Å²) < 4.78 is 0. The maximum atomic E-state index is 12.9. The number of carbonyl (C=O) groups is 1. The quantitative estimate of drug-likeness (QED) is 0.827. The first-order valence-corrected chi connectivity index (χ1v) is 10.4. The number of pyridine rings is 1. The average molecular weight is 370 g/mol. The van der Waals surface area contributed by atoms with Crippen LogP contribution in [0.2, 0.25) is 0 Å². The van der Waals surface area contributed by atoms with Gasteiger partial charge in [0, 0.05) is 56.5 Å². The van der Waals surface area contributed by atoms with Crippen molar-refractivity contribution in [3.05, 3.63) is 42.2 Å². The number of aromatic nitrogens is 1. The second-order valence-electron chi connectivity index (χ2n) is 8.56. The summed E-state index contributed by atoms with van der Waals surface area (Å²) >= 11 is 0. The maximum Gasteiger partial charge on any atom is 0.226 e. The van der Waals surface area contributed by atoms with Gasteiger partial charge in [-0.25, -0.2) is 0 Å². The summed E-state index contributed by atoms with van der Waals surface area (Å²) in [5, 5.41) is 10.9. The molecule has 0 unspecified atom stereocenters. The van der Waals surface area contributed by atoms with Crippen LogP contribution < -0.4 is 0 Å². The number of hydrogen-bond acceptors (Lipinski definition) is 4. The number of nitrogens with zero attached hydrogens (tertiary/aromatic N) is 3. The van der Waals surface area contributed by atoms with Crippen molar-refractivity contribution in [3.63, 3.8) is 0 Å². The standard InChI is InChI=1S/C22H31N3O2/c26-20-9-14-24(13-8-18-5-3-11-23-15-18)16-22(20)10-4-12-25(17-22)21(27)19-6-1-2-7-19/h1-3,5,11,15,19-20,26H,4,6-10,12-14,16-17H2/t20-,22-/m1/s1. The Labute approximate surface area is 162 Å². The van der Waals surface area contributed by atoms with Crippen LogP contribution in [0.15, 0.2) is 36.7 Å². The molecule has 0 bridgehead atoms. The molecule has 2 fully saturated rings. The Balaban J connectivity index is 1.39. The Kier molecular flexibility index (Phi) is 5.60. The zero-order valence-corrected chi connectivity index (χ0v) is 16.1. The molecule has 1 aliphatic carbocycles. The highest BCUT2D eigenvalue weighted by atomic mass is 16.3. The SMILES string of the molecule is O=C(C1CC=CC1)N1CCC[C@@]2(CN(CCc3cccnc3)CC[C@H]2O)C1. The molecule has 5 nitrogen and oxygen atoms in total. The minimum Gasteiger partial charge on any atom is -0.392 e. The molecule has 3 heterocycles. The van der Waals surface area contributed by atoms with Gasteiger partial charge in [-0.05, 0) is 50.2 Å². The van der Waals surface area contributed by atoms with E-state index in [1.807, 2.05) is 18.5 Å². The van der Waals surface area contributed by atoms with Crippen molar-refractivity contribution in [2.24, 2.45) is 11.3 Å². The van der Waals surface area contributed by atoms with Gasteiger partial charge in [0.05, 0.1) is 6.10 Å². The van der Waals surface area contributed by atoms with E-state index in [0.717, 1.165) is 64.7 Å². The number of aliphatic hydroxyl groups excluding tert-OH is 1. The van der Waals surface area contributed by atoms with Crippen molar-refractivity contribution < 1.29 is 9.90 Å². The molecule has 2 saturated heterocycles. The molecule has 5 heteroatoms. The molecule has 1 aromatic rings. The zero-order chi connectivity index (χ0) is 18.7. The van der Waals surface area contributed by atoms with Crippen molar-refractivity contribution in [1.82, 2.24) is 14.8 Å². The van der Waals surface area contributed by atoms with Gasteiger partial charge in [0.15, 0.2) is 0 Å². The Morgan fingerprint density at radius 1 is 1.26 bits per heavy atom. The minimum absolute atomic E-state index is 0.127. The molecule has 4 rings (SSSR count). The number of carbonyl (C=O) groups excluding carboxylic acids is 1. The summed E-state index contributed by atoms with van der Waals surface area (Å²) in [6, 6.07) is 4.11.